The molecule has 0 aliphatic heterocycles. The first kappa shape index (κ1) is 11.0. The Kier molecular flexibility index (Phi) is 3.10. The maximum absolute atomic E-state index is 11.0. The monoisotopic (exact) mass is 222 g/mol. The summed E-state index contributed by atoms with van der Waals surface area (Å²) in [6.07, 6.45) is 1.10. The van der Waals surface area contributed by atoms with E-state index in [-0.39, 0.29) is 6.61 Å². The Morgan fingerprint density at radius 1 is 1.56 bits per heavy atom. The van der Waals surface area contributed by atoms with Crippen LogP contribution in [-0.2, 0) is 16.0 Å². The van der Waals surface area contributed by atoms with Crippen LogP contribution in [0.4, 0.5) is 0 Å². The summed E-state index contributed by atoms with van der Waals surface area (Å²) in [6.45, 7) is -0.0942. The van der Waals surface area contributed by atoms with Crippen molar-refractivity contribution in [3.8, 4) is 5.75 Å². The van der Waals surface area contributed by atoms with Crippen molar-refractivity contribution in [2.24, 2.45) is 0 Å². The molecule has 0 heterocycles. The topological polar surface area (TPSA) is 55.8 Å². The molecule has 0 saturated carbocycles. The summed E-state index contributed by atoms with van der Waals surface area (Å²) < 4.78 is 9.86. The SMILES string of the molecule is COC(=O)COc1cccc2c1CCC2O. The number of ether oxygens (including phenoxy) is 2. The molecule has 0 radical (unpaired) electrons. The number of methoxy groups -OCH3 is 1. The van der Waals surface area contributed by atoms with Crippen LogP contribution in [0.2, 0.25) is 0 Å². The lowest BCUT2D eigenvalue weighted by molar-refractivity contribution is -0.142. The molecule has 0 aromatic heterocycles. The van der Waals surface area contributed by atoms with Gasteiger partial charge in [0.15, 0.2) is 6.61 Å². The third-order valence-electron chi connectivity index (χ3n) is 2.77. The third kappa shape index (κ3) is 2.02. The summed E-state index contributed by atoms with van der Waals surface area (Å²) in [6, 6.07) is 5.51. The first-order chi connectivity index (χ1) is 7.72. The second-order valence-corrected chi connectivity index (χ2v) is 3.74. The van der Waals surface area contributed by atoms with Gasteiger partial charge in [0.2, 0.25) is 0 Å². The molecule has 1 unspecified atom stereocenters. The van der Waals surface area contributed by atoms with Crippen LogP contribution in [0.1, 0.15) is 23.7 Å². The van der Waals surface area contributed by atoms with Crippen LogP contribution in [0.25, 0.3) is 0 Å². The molecule has 0 saturated heterocycles. The zero-order valence-electron chi connectivity index (χ0n) is 9.10. The van der Waals surface area contributed by atoms with Gasteiger partial charge < -0.3 is 14.6 Å². The minimum absolute atomic E-state index is 0.0942. The molecule has 4 nitrogen and oxygen atoms in total. The van der Waals surface area contributed by atoms with E-state index in [4.69, 9.17) is 4.74 Å². The van der Waals surface area contributed by atoms with Crippen LogP contribution in [0.5, 0.6) is 5.75 Å². The molecule has 1 N–H and O–H groups in total. The maximum atomic E-state index is 11.0. The Labute approximate surface area is 93.8 Å². The van der Waals surface area contributed by atoms with Crippen molar-refractivity contribution in [2.75, 3.05) is 13.7 Å². The van der Waals surface area contributed by atoms with Crippen LogP contribution in [-0.4, -0.2) is 24.8 Å². The van der Waals surface area contributed by atoms with Gasteiger partial charge in [-0.3, -0.25) is 0 Å². The largest absolute Gasteiger partial charge is 0.482 e. The van der Waals surface area contributed by atoms with Crippen LogP contribution >= 0.6 is 0 Å². The number of hydrogen-bond donors (Lipinski definition) is 1. The zero-order chi connectivity index (χ0) is 11.5. The summed E-state index contributed by atoms with van der Waals surface area (Å²) in [4.78, 5) is 11.0. The minimum atomic E-state index is -0.406. The van der Waals surface area contributed by atoms with Crippen molar-refractivity contribution in [1.29, 1.82) is 0 Å². The fourth-order valence-corrected chi connectivity index (χ4v) is 1.93. The summed E-state index contributed by atoms with van der Waals surface area (Å²) in [5.41, 5.74) is 1.90. The number of rotatable bonds is 3. The van der Waals surface area contributed by atoms with E-state index in [2.05, 4.69) is 4.74 Å². The Morgan fingerprint density at radius 3 is 3.12 bits per heavy atom. The number of aliphatic hydroxyl groups excluding tert-OH is 1. The standard InChI is InChI=1S/C12H14O4/c1-15-12(14)7-16-11-4-2-3-8-9(11)5-6-10(8)13/h2-4,10,13H,5-7H2,1H3. The van der Waals surface area contributed by atoms with Crippen LogP contribution < -0.4 is 4.74 Å². The molecule has 0 amide bonds. The number of hydrogen-bond acceptors (Lipinski definition) is 4. The Hall–Kier alpha value is -1.55. The van der Waals surface area contributed by atoms with Crippen molar-refractivity contribution >= 4 is 5.97 Å². The lowest BCUT2D eigenvalue weighted by Gasteiger charge is -2.10. The highest BCUT2D eigenvalue weighted by Gasteiger charge is 2.23. The smallest absolute Gasteiger partial charge is 0.343 e. The molecular weight excluding hydrogens is 208 g/mol. The van der Waals surface area contributed by atoms with Gasteiger partial charge in [0, 0.05) is 5.56 Å². The highest BCUT2D eigenvalue weighted by atomic mass is 16.6. The van der Waals surface area contributed by atoms with Crippen LogP contribution in [0.3, 0.4) is 0 Å². The average molecular weight is 222 g/mol. The molecule has 1 aromatic carbocycles. The predicted octanol–water partition coefficient (Wildman–Crippen LogP) is 1.22. The molecule has 86 valence electrons. The fourth-order valence-electron chi connectivity index (χ4n) is 1.93. The predicted molar refractivity (Wildman–Crippen MR) is 57.2 cm³/mol. The maximum Gasteiger partial charge on any atom is 0.343 e. The van der Waals surface area contributed by atoms with E-state index in [0.29, 0.717) is 12.2 Å². The molecule has 0 bridgehead atoms. The van der Waals surface area contributed by atoms with E-state index in [1.54, 1.807) is 6.07 Å². The normalized spacial score (nSPS) is 18.0. The van der Waals surface area contributed by atoms with Gasteiger partial charge >= 0.3 is 5.97 Å². The second-order valence-electron chi connectivity index (χ2n) is 3.74. The van der Waals surface area contributed by atoms with Gasteiger partial charge in [0.1, 0.15) is 5.75 Å². The highest BCUT2D eigenvalue weighted by molar-refractivity contribution is 5.71. The van der Waals surface area contributed by atoms with Gasteiger partial charge in [-0.25, -0.2) is 4.79 Å². The van der Waals surface area contributed by atoms with Gasteiger partial charge in [0.25, 0.3) is 0 Å². The zero-order valence-corrected chi connectivity index (χ0v) is 9.10. The van der Waals surface area contributed by atoms with Gasteiger partial charge in [-0.05, 0) is 24.5 Å². The van der Waals surface area contributed by atoms with Gasteiger partial charge in [-0.1, -0.05) is 12.1 Å². The molecule has 0 spiro atoms. The van der Waals surface area contributed by atoms with E-state index in [1.807, 2.05) is 12.1 Å². The van der Waals surface area contributed by atoms with Crippen molar-refractivity contribution in [2.45, 2.75) is 18.9 Å². The molecule has 1 aromatic rings. The first-order valence-electron chi connectivity index (χ1n) is 5.22. The molecule has 4 heteroatoms. The van der Waals surface area contributed by atoms with Gasteiger partial charge in [0.05, 0.1) is 13.2 Å². The first-order valence-corrected chi connectivity index (χ1v) is 5.22. The summed E-state index contributed by atoms with van der Waals surface area (Å²) in [7, 11) is 1.32. The van der Waals surface area contributed by atoms with Crippen molar-refractivity contribution in [3.05, 3.63) is 29.3 Å². The van der Waals surface area contributed by atoms with E-state index < -0.39 is 12.1 Å². The number of esters is 1. The average Bonchev–Trinajstić information content (AvgIpc) is 2.69. The Morgan fingerprint density at radius 2 is 2.38 bits per heavy atom. The number of aliphatic hydroxyl groups is 1. The van der Waals surface area contributed by atoms with Crippen molar-refractivity contribution in [1.82, 2.24) is 0 Å². The molecule has 1 aliphatic carbocycles. The quantitative estimate of drug-likeness (QED) is 0.781. The molecule has 2 rings (SSSR count). The lowest BCUT2D eigenvalue weighted by Crippen LogP contribution is -2.13. The van der Waals surface area contributed by atoms with Crippen LogP contribution in [0.15, 0.2) is 18.2 Å². The van der Waals surface area contributed by atoms with E-state index in [0.717, 1.165) is 17.5 Å². The van der Waals surface area contributed by atoms with Gasteiger partial charge in [-0.2, -0.15) is 0 Å². The number of fused-ring (bicyclic) bond motifs is 1. The summed E-state index contributed by atoms with van der Waals surface area (Å²) in [5, 5.41) is 9.68. The Balaban J connectivity index is 2.14. The molecule has 16 heavy (non-hydrogen) atoms. The molecule has 1 aliphatic rings. The summed E-state index contributed by atoms with van der Waals surface area (Å²) >= 11 is 0. The van der Waals surface area contributed by atoms with Crippen molar-refractivity contribution in [3.63, 3.8) is 0 Å². The lowest BCUT2D eigenvalue weighted by atomic mass is 10.1. The number of carbonyl (C=O) groups is 1. The van der Waals surface area contributed by atoms with E-state index in [1.165, 1.54) is 7.11 Å². The highest BCUT2D eigenvalue weighted by Crippen LogP contribution is 2.36. The second kappa shape index (κ2) is 4.53. The minimum Gasteiger partial charge on any atom is -0.482 e. The molecule has 1 atom stereocenters. The van der Waals surface area contributed by atoms with Crippen molar-refractivity contribution < 1.29 is 19.4 Å². The van der Waals surface area contributed by atoms with Crippen LogP contribution in [0, 0.1) is 0 Å². The third-order valence-corrected chi connectivity index (χ3v) is 2.77. The van der Waals surface area contributed by atoms with E-state index >= 15 is 0 Å². The van der Waals surface area contributed by atoms with Gasteiger partial charge in [-0.15, -0.1) is 0 Å². The number of carbonyl (C=O) groups excluding carboxylic acids is 1. The molecule has 0 fully saturated rings. The number of benzene rings is 1. The van der Waals surface area contributed by atoms with E-state index in [9.17, 15) is 9.90 Å². The molecular formula is C12H14O4. The fraction of sp³-hybridized carbons (Fsp3) is 0.417. The Bertz CT molecular complexity index is 400. The summed E-state index contributed by atoms with van der Waals surface area (Å²) in [5.74, 6) is 0.260.